The summed E-state index contributed by atoms with van der Waals surface area (Å²) in [5.41, 5.74) is 0. The molecule has 0 radical (unpaired) electrons. The zero-order chi connectivity index (χ0) is 8.57. The number of hydrogen-bond acceptors (Lipinski definition) is 1. The van der Waals surface area contributed by atoms with E-state index in [1.807, 2.05) is 6.92 Å². The maximum absolute atomic E-state index is 10.3. The quantitative estimate of drug-likeness (QED) is 0.552. The summed E-state index contributed by atoms with van der Waals surface area (Å²) in [5.74, 6) is 0.127. The summed E-state index contributed by atoms with van der Waals surface area (Å²) in [4.78, 5) is 12.0. The van der Waals surface area contributed by atoms with E-state index in [0.717, 1.165) is 6.54 Å². The molecule has 62 valence electrons. The summed E-state index contributed by atoms with van der Waals surface area (Å²) >= 11 is 0. The first-order valence-electron chi connectivity index (χ1n) is 3.81. The first-order valence-corrected chi connectivity index (χ1v) is 3.81. The lowest BCUT2D eigenvalue weighted by atomic mass is 10.6. The molecular formula is C8H19NO. The van der Waals surface area contributed by atoms with Crippen molar-refractivity contribution in [2.45, 2.75) is 34.1 Å². The molecule has 0 saturated carbocycles. The molecule has 0 aliphatic heterocycles. The lowest BCUT2D eigenvalue weighted by molar-refractivity contribution is -0.127. The van der Waals surface area contributed by atoms with Gasteiger partial charge in [-0.15, -0.1) is 0 Å². The molecule has 2 heteroatoms. The van der Waals surface area contributed by atoms with E-state index in [1.165, 1.54) is 6.42 Å². The van der Waals surface area contributed by atoms with Crippen LogP contribution in [-0.4, -0.2) is 24.4 Å². The third-order valence-corrected chi connectivity index (χ3v) is 1.01. The molecule has 2 nitrogen and oxygen atoms in total. The SMILES string of the molecule is CCC.CCN(C)C(C)=O. The zero-order valence-electron chi connectivity index (χ0n) is 7.77. The number of nitrogens with zero attached hydrogens (tertiary/aromatic N) is 1. The van der Waals surface area contributed by atoms with Crippen LogP contribution in [0.3, 0.4) is 0 Å². The first-order chi connectivity index (χ1) is 4.59. The van der Waals surface area contributed by atoms with Crippen LogP contribution in [0.15, 0.2) is 0 Å². The maximum atomic E-state index is 10.3. The van der Waals surface area contributed by atoms with Crippen molar-refractivity contribution in [1.82, 2.24) is 4.90 Å². The molecule has 0 fully saturated rings. The van der Waals surface area contributed by atoms with Crippen LogP contribution in [0.25, 0.3) is 0 Å². The first kappa shape index (κ1) is 12.2. The lowest BCUT2D eigenvalue weighted by Crippen LogP contribution is -2.22. The summed E-state index contributed by atoms with van der Waals surface area (Å²) in [7, 11) is 1.78. The zero-order valence-corrected chi connectivity index (χ0v) is 7.77. The normalized spacial score (nSPS) is 7.70. The van der Waals surface area contributed by atoms with Gasteiger partial charge in [0.25, 0.3) is 0 Å². The van der Waals surface area contributed by atoms with Crippen LogP contribution in [-0.2, 0) is 4.79 Å². The molecule has 0 N–H and O–H groups in total. The Morgan fingerprint density at radius 1 is 1.30 bits per heavy atom. The minimum absolute atomic E-state index is 0.127. The summed E-state index contributed by atoms with van der Waals surface area (Å²) < 4.78 is 0. The fourth-order valence-corrected chi connectivity index (χ4v) is 0.223. The highest BCUT2D eigenvalue weighted by atomic mass is 16.2. The van der Waals surface area contributed by atoms with Crippen LogP contribution >= 0.6 is 0 Å². The molecule has 0 aliphatic rings. The van der Waals surface area contributed by atoms with Crippen LogP contribution < -0.4 is 0 Å². The van der Waals surface area contributed by atoms with Gasteiger partial charge in [-0.1, -0.05) is 20.3 Å². The molecule has 0 aromatic carbocycles. The van der Waals surface area contributed by atoms with Crippen LogP contribution in [0.4, 0.5) is 0 Å². The summed E-state index contributed by atoms with van der Waals surface area (Å²) in [6, 6.07) is 0. The van der Waals surface area contributed by atoms with E-state index < -0.39 is 0 Å². The molecule has 0 atom stereocenters. The molecule has 0 aromatic rings. The van der Waals surface area contributed by atoms with Crippen molar-refractivity contribution in [1.29, 1.82) is 0 Å². The molecule has 0 rings (SSSR count). The molecule has 0 unspecified atom stereocenters. The van der Waals surface area contributed by atoms with Gasteiger partial charge in [0.15, 0.2) is 0 Å². The van der Waals surface area contributed by atoms with E-state index in [2.05, 4.69) is 13.8 Å². The molecule has 0 saturated heterocycles. The third-order valence-electron chi connectivity index (χ3n) is 1.01. The topological polar surface area (TPSA) is 20.3 Å². The van der Waals surface area contributed by atoms with E-state index in [-0.39, 0.29) is 5.91 Å². The Morgan fingerprint density at radius 2 is 1.60 bits per heavy atom. The molecule has 0 aliphatic carbocycles. The number of hydrogen-bond donors (Lipinski definition) is 0. The molecule has 0 heterocycles. The van der Waals surface area contributed by atoms with Crippen molar-refractivity contribution >= 4 is 5.91 Å². The highest BCUT2D eigenvalue weighted by Crippen LogP contribution is 1.78. The predicted molar refractivity (Wildman–Crippen MR) is 45.0 cm³/mol. The lowest BCUT2D eigenvalue weighted by Gasteiger charge is -2.09. The molecule has 1 amide bonds. The number of carbonyl (C=O) groups is 1. The predicted octanol–water partition coefficient (Wildman–Crippen LogP) is 1.90. The van der Waals surface area contributed by atoms with Crippen LogP contribution in [0, 0.1) is 0 Å². The Labute approximate surface area is 64.2 Å². The number of amides is 1. The van der Waals surface area contributed by atoms with Gasteiger partial charge in [0, 0.05) is 20.5 Å². The van der Waals surface area contributed by atoms with Gasteiger partial charge in [-0.05, 0) is 6.92 Å². The Hall–Kier alpha value is -0.530. The van der Waals surface area contributed by atoms with Gasteiger partial charge in [0.2, 0.25) is 5.91 Å². The molecule has 10 heavy (non-hydrogen) atoms. The van der Waals surface area contributed by atoms with Crippen LogP contribution in [0.5, 0.6) is 0 Å². The summed E-state index contributed by atoms with van der Waals surface area (Å²) in [5, 5.41) is 0. The highest BCUT2D eigenvalue weighted by molar-refractivity contribution is 5.72. The van der Waals surface area contributed by atoms with Gasteiger partial charge in [0.05, 0.1) is 0 Å². The Morgan fingerprint density at radius 3 is 1.60 bits per heavy atom. The Balaban J connectivity index is 0. The van der Waals surface area contributed by atoms with Crippen molar-refractivity contribution in [3.05, 3.63) is 0 Å². The average molecular weight is 145 g/mol. The fourth-order valence-electron chi connectivity index (χ4n) is 0.223. The van der Waals surface area contributed by atoms with Crippen molar-refractivity contribution in [2.24, 2.45) is 0 Å². The molecule has 0 aromatic heterocycles. The van der Waals surface area contributed by atoms with Gasteiger partial charge >= 0.3 is 0 Å². The number of carbonyl (C=O) groups excluding carboxylic acids is 1. The second kappa shape index (κ2) is 8.47. The second-order valence-corrected chi connectivity index (χ2v) is 2.24. The molecule has 0 bridgehead atoms. The average Bonchev–Trinajstić information content (AvgIpc) is 1.88. The highest BCUT2D eigenvalue weighted by Gasteiger charge is 1.93. The number of rotatable bonds is 1. The van der Waals surface area contributed by atoms with E-state index >= 15 is 0 Å². The smallest absolute Gasteiger partial charge is 0.219 e. The van der Waals surface area contributed by atoms with Crippen molar-refractivity contribution in [2.75, 3.05) is 13.6 Å². The van der Waals surface area contributed by atoms with Gasteiger partial charge in [-0.2, -0.15) is 0 Å². The monoisotopic (exact) mass is 145 g/mol. The van der Waals surface area contributed by atoms with Crippen LogP contribution in [0.2, 0.25) is 0 Å². The van der Waals surface area contributed by atoms with E-state index in [0.29, 0.717) is 0 Å². The van der Waals surface area contributed by atoms with Crippen LogP contribution in [0.1, 0.15) is 34.1 Å². The van der Waals surface area contributed by atoms with E-state index in [1.54, 1.807) is 18.9 Å². The third kappa shape index (κ3) is 10.5. The summed E-state index contributed by atoms with van der Waals surface area (Å²) in [6.45, 7) is 8.56. The summed E-state index contributed by atoms with van der Waals surface area (Å²) in [6.07, 6.45) is 1.25. The maximum Gasteiger partial charge on any atom is 0.219 e. The van der Waals surface area contributed by atoms with Crippen molar-refractivity contribution < 1.29 is 4.79 Å². The van der Waals surface area contributed by atoms with E-state index in [4.69, 9.17) is 0 Å². The fraction of sp³-hybridized carbons (Fsp3) is 0.875. The molecule has 0 spiro atoms. The van der Waals surface area contributed by atoms with Gasteiger partial charge < -0.3 is 4.90 Å². The Kier molecular flexibility index (Phi) is 10.3. The van der Waals surface area contributed by atoms with Gasteiger partial charge in [-0.25, -0.2) is 0 Å². The van der Waals surface area contributed by atoms with Crippen molar-refractivity contribution in [3.63, 3.8) is 0 Å². The largest absolute Gasteiger partial charge is 0.346 e. The Bertz CT molecular complexity index is 81.3. The standard InChI is InChI=1S/C5H11NO.C3H8/c1-4-6(3)5(2)7;1-3-2/h4H2,1-3H3;3H2,1-2H3. The minimum atomic E-state index is 0.127. The van der Waals surface area contributed by atoms with Gasteiger partial charge in [-0.3, -0.25) is 4.79 Å². The molecular weight excluding hydrogens is 126 g/mol. The van der Waals surface area contributed by atoms with Gasteiger partial charge in [0.1, 0.15) is 0 Å². The van der Waals surface area contributed by atoms with Crippen molar-refractivity contribution in [3.8, 4) is 0 Å². The second-order valence-electron chi connectivity index (χ2n) is 2.24. The minimum Gasteiger partial charge on any atom is -0.346 e. The van der Waals surface area contributed by atoms with E-state index in [9.17, 15) is 4.79 Å².